The number of aryl methyl sites for hydroxylation is 1. The van der Waals surface area contributed by atoms with E-state index in [9.17, 15) is 14.0 Å². The Morgan fingerprint density at radius 1 is 1.31 bits per heavy atom. The van der Waals surface area contributed by atoms with E-state index in [2.05, 4.69) is 0 Å². The van der Waals surface area contributed by atoms with E-state index in [-0.39, 0.29) is 35.9 Å². The number of esters is 1. The van der Waals surface area contributed by atoms with Gasteiger partial charge < -0.3 is 19.8 Å². The molecule has 4 heterocycles. The van der Waals surface area contributed by atoms with E-state index < -0.39 is 17.4 Å². The summed E-state index contributed by atoms with van der Waals surface area (Å²) in [6.07, 6.45) is 1.22. The maximum atomic E-state index is 14.7. The number of fused-ring (bicyclic) bond motifs is 5. The van der Waals surface area contributed by atoms with Gasteiger partial charge in [-0.25, -0.2) is 14.2 Å². The van der Waals surface area contributed by atoms with Crippen LogP contribution in [0.3, 0.4) is 0 Å². The van der Waals surface area contributed by atoms with Gasteiger partial charge in [-0.1, -0.05) is 18.5 Å². The third-order valence-electron chi connectivity index (χ3n) is 7.49. The highest BCUT2D eigenvalue weighted by atomic mass is 35.5. The zero-order valence-corrected chi connectivity index (χ0v) is 20.5. The van der Waals surface area contributed by atoms with Crippen molar-refractivity contribution in [2.24, 2.45) is 5.73 Å². The number of benzene rings is 1. The molecule has 0 radical (unpaired) electrons. The summed E-state index contributed by atoms with van der Waals surface area (Å²) < 4.78 is 27.9. The lowest BCUT2D eigenvalue weighted by molar-refractivity contribution is -0.187. The van der Waals surface area contributed by atoms with Crippen molar-refractivity contribution in [1.29, 1.82) is 0 Å². The molecule has 2 aliphatic heterocycles. The predicted octanol–water partition coefficient (Wildman–Crippen LogP) is 4.25. The van der Waals surface area contributed by atoms with Crippen LogP contribution in [0, 0.1) is 5.82 Å². The van der Waals surface area contributed by atoms with E-state index in [1.54, 1.807) is 4.57 Å². The predicted molar refractivity (Wildman–Crippen MR) is 129 cm³/mol. The van der Waals surface area contributed by atoms with Crippen LogP contribution in [0.15, 0.2) is 16.9 Å². The average Bonchev–Trinajstić information content (AvgIpc) is 3.18. The van der Waals surface area contributed by atoms with Gasteiger partial charge in [0, 0.05) is 28.6 Å². The summed E-state index contributed by atoms with van der Waals surface area (Å²) in [7, 11) is 0. The number of carbonyl (C=O) groups is 1. The van der Waals surface area contributed by atoms with Crippen molar-refractivity contribution >= 4 is 28.5 Å². The zero-order valence-electron chi connectivity index (χ0n) is 19.7. The van der Waals surface area contributed by atoms with Gasteiger partial charge >= 0.3 is 5.97 Å². The highest BCUT2D eigenvalue weighted by molar-refractivity contribution is 6.32. The van der Waals surface area contributed by atoms with Gasteiger partial charge in [0.25, 0.3) is 5.56 Å². The van der Waals surface area contributed by atoms with E-state index in [1.165, 1.54) is 6.07 Å². The molecule has 3 aromatic rings. The molecule has 2 aromatic heterocycles. The number of nitrogens with zero attached hydrogens (tertiary/aromatic N) is 2. The van der Waals surface area contributed by atoms with Crippen molar-refractivity contribution in [2.45, 2.75) is 70.9 Å². The number of carbonyl (C=O) groups excluding carboxylic acids is 1. The molecule has 0 unspecified atom stereocenters. The van der Waals surface area contributed by atoms with Crippen molar-refractivity contribution in [2.75, 3.05) is 0 Å². The number of ether oxygens (including phenoxy) is 2. The molecule has 182 valence electrons. The fourth-order valence-electron chi connectivity index (χ4n) is 5.98. The lowest BCUT2D eigenvalue weighted by atomic mass is 9.83. The molecule has 1 aromatic carbocycles. The van der Waals surface area contributed by atoms with E-state index in [0.717, 1.165) is 16.5 Å². The summed E-state index contributed by atoms with van der Waals surface area (Å²) in [5.41, 5.74) is 9.86. The highest BCUT2D eigenvalue weighted by Crippen LogP contribution is 2.46. The second kappa shape index (κ2) is 7.59. The fourth-order valence-corrected chi connectivity index (χ4v) is 6.22. The second-order valence-electron chi connectivity index (χ2n) is 9.78. The number of nitrogens with two attached hydrogens (primary N) is 1. The number of aromatic nitrogens is 2. The Morgan fingerprint density at radius 2 is 2.09 bits per heavy atom. The molecule has 6 rings (SSSR count). The minimum Gasteiger partial charge on any atom is -0.458 e. The van der Waals surface area contributed by atoms with Crippen molar-refractivity contribution in [3.63, 3.8) is 0 Å². The van der Waals surface area contributed by atoms with Crippen LogP contribution >= 0.6 is 11.6 Å². The molecule has 1 aliphatic carbocycles. The van der Waals surface area contributed by atoms with Crippen LogP contribution in [0.2, 0.25) is 5.02 Å². The molecular weight excluding hydrogens is 473 g/mol. The standard InChI is InChI=1S/C26H25ClFN3O4/c1-4-26(35-11(2)3)15-7-19-23-13(9-31(19)24(32)14(15)10-34-25(26)33)20-17(29)6-5-12-21(20)18(30-23)8-16(28)22(12)27/h7-8,11,17H,4-6,9-10,29H2,1-3H3/t17-,26-/m0/s1. The maximum absolute atomic E-state index is 14.7. The number of hydrogen-bond acceptors (Lipinski definition) is 6. The summed E-state index contributed by atoms with van der Waals surface area (Å²) in [6, 6.07) is 2.87. The van der Waals surface area contributed by atoms with Gasteiger partial charge in [0.15, 0.2) is 5.60 Å². The van der Waals surface area contributed by atoms with Crippen LogP contribution < -0.4 is 11.3 Å². The van der Waals surface area contributed by atoms with Gasteiger partial charge in [0.05, 0.1) is 40.1 Å². The first kappa shape index (κ1) is 22.6. The first-order chi connectivity index (χ1) is 16.7. The van der Waals surface area contributed by atoms with Crippen molar-refractivity contribution < 1.29 is 18.7 Å². The largest absolute Gasteiger partial charge is 0.458 e. The molecule has 2 atom stereocenters. The smallest absolute Gasteiger partial charge is 0.343 e. The van der Waals surface area contributed by atoms with Crippen molar-refractivity contribution in [3.05, 3.63) is 61.1 Å². The van der Waals surface area contributed by atoms with Gasteiger partial charge in [-0.2, -0.15) is 0 Å². The van der Waals surface area contributed by atoms with Crippen LogP contribution in [-0.2, 0) is 39.4 Å². The van der Waals surface area contributed by atoms with E-state index in [4.69, 9.17) is 31.8 Å². The Hall–Kier alpha value is -2.81. The number of cyclic esters (lactones) is 1. The summed E-state index contributed by atoms with van der Waals surface area (Å²) in [4.78, 5) is 31.5. The monoisotopic (exact) mass is 497 g/mol. The summed E-state index contributed by atoms with van der Waals surface area (Å²) in [6.45, 7) is 5.69. The first-order valence-corrected chi connectivity index (χ1v) is 12.3. The Kier molecular flexibility index (Phi) is 4.91. The number of rotatable bonds is 3. The molecule has 0 amide bonds. The number of halogens is 2. The van der Waals surface area contributed by atoms with Gasteiger partial charge in [0.2, 0.25) is 0 Å². The second-order valence-corrected chi connectivity index (χ2v) is 10.2. The molecule has 9 heteroatoms. The Bertz CT molecular complexity index is 1520. The molecule has 0 bridgehead atoms. The lowest BCUT2D eigenvalue weighted by Crippen LogP contribution is -2.47. The van der Waals surface area contributed by atoms with Crippen molar-refractivity contribution in [3.8, 4) is 11.4 Å². The number of hydrogen-bond donors (Lipinski definition) is 1. The van der Waals surface area contributed by atoms with Gasteiger partial charge in [-0.05, 0) is 50.3 Å². The van der Waals surface area contributed by atoms with E-state index in [0.29, 0.717) is 52.9 Å². The van der Waals surface area contributed by atoms with Crippen LogP contribution in [0.1, 0.15) is 67.5 Å². The molecule has 35 heavy (non-hydrogen) atoms. The zero-order chi connectivity index (χ0) is 24.8. The van der Waals surface area contributed by atoms with Gasteiger partial charge in [-0.15, -0.1) is 0 Å². The fraction of sp³-hybridized carbons (Fsp3) is 0.423. The SMILES string of the molecule is CC[C@@]1(OC(C)C)C(=O)OCc2c1cc1n(c2=O)Cc2c-1nc1cc(F)c(Cl)c3c1c2[C@@H](N)CC3. The highest BCUT2D eigenvalue weighted by Gasteiger charge is 2.49. The topological polar surface area (TPSA) is 96.4 Å². The minimum absolute atomic E-state index is 0.102. The molecule has 0 saturated heterocycles. The summed E-state index contributed by atoms with van der Waals surface area (Å²) in [5, 5.41) is 0.883. The van der Waals surface area contributed by atoms with Crippen molar-refractivity contribution in [1.82, 2.24) is 9.55 Å². The third-order valence-corrected chi connectivity index (χ3v) is 7.90. The Labute approximate surface area is 206 Å². The first-order valence-electron chi connectivity index (χ1n) is 11.9. The molecule has 0 spiro atoms. The maximum Gasteiger partial charge on any atom is 0.343 e. The Morgan fingerprint density at radius 3 is 2.80 bits per heavy atom. The number of pyridine rings is 2. The molecular formula is C26H25ClFN3O4. The molecule has 3 aliphatic rings. The van der Waals surface area contributed by atoms with E-state index >= 15 is 0 Å². The molecule has 0 fully saturated rings. The summed E-state index contributed by atoms with van der Waals surface area (Å²) in [5.74, 6) is -1.03. The average molecular weight is 498 g/mol. The normalized spacial score (nSPS) is 22.3. The van der Waals surface area contributed by atoms with Gasteiger partial charge in [0.1, 0.15) is 12.4 Å². The third kappa shape index (κ3) is 2.93. The molecule has 7 nitrogen and oxygen atoms in total. The minimum atomic E-state index is -1.38. The summed E-state index contributed by atoms with van der Waals surface area (Å²) >= 11 is 6.32. The van der Waals surface area contributed by atoms with Crippen LogP contribution in [0.25, 0.3) is 22.3 Å². The lowest BCUT2D eigenvalue weighted by Gasteiger charge is -2.37. The van der Waals surface area contributed by atoms with Crippen LogP contribution in [-0.4, -0.2) is 21.6 Å². The molecule has 2 N–H and O–H groups in total. The quantitative estimate of drug-likeness (QED) is 0.425. The van der Waals surface area contributed by atoms with Crippen LogP contribution in [0.5, 0.6) is 0 Å². The van der Waals surface area contributed by atoms with Crippen LogP contribution in [0.4, 0.5) is 4.39 Å². The van der Waals surface area contributed by atoms with Gasteiger partial charge in [-0.3, -0.25) is 4.79 Å². The Balaban J connectivity index is 1.67. The molecule has 0 saturated carbocycles. The van der Waals surface area contributed by atoms with E-state index in [1.807, 2.05) is 26.8 Å².